The Morgan fingerprint density at radius 2 is 2.21 bits per heavy atom. The Morgan fingerprint density at radius 1 is 1.37 bits per heavy atom. The van der Waals surface area contributed by atoms with E-state index in [9.17, 15) is 4.79 Å². The minimum atomic E-state index is 0.0653. The van der Waals surface area contributed by atoms with E-state index in [0.29, 0.717) is 0 Å². The van der Waals surface area contributed by atoms with Gasteiger partial charge >= 0.3 is 0 Å². The Labute approximate surface area is 121 Å². The lowest BCUT2D eigenvalue weighted by Crippen LogP contribution is -2.12. The molecule has 0 N–H and O–H groups in total. The topological polar surface area (TPSA) is 30.0 Å². The summed E-state index contributed by atoms with van der Waals surface area (Å²) in [6, 6.07) is 8.09. The molecular formula is C16H14BrNO. The molecule has 1 heterocycles. The maximum Gasteiger partial charge on any atom is 0.166 e. The van der Waals surface area contributed by atoms with Crippen LogP contribution in [0.2, 0.25) is 0 Å². The standard InChI is InChI=1S/C16H14BrNO/c1-10-2-3-14-12(6-10)8-13(16(14)19)7-11-4-5-18-9-15(11)17/h2-6,9,13H,7-8H2,1H3. The number of halogens is 1. The van der Waals surface area contributed by atoms with Gasteiger partial charge in [-0.15, -0.1) is 0 Å². The largest absolute Gasteiger partial charge is 0.294 e. The van der Waals surface area contributed by atoms with E-state index >= 15 is 0 Å². The first kappa shape index (κ1) is 12.5. The molecule has 1 unspecified atom stereocenters. The number of aryl methyl sites for hydroxylation is 1. The van der Waals surface area contributed by atoms with Gasteiger partial charge in [-0.2, -0.15) is 0 Å². The highest BCUT2D eigenvalue weighted by Crippen LogP contribution is 2.31. The molecule has 19 heavy (non-hydrogen) atoms. The lowest BCUT2D eigenvalue weighted by Gasteiger charge is -2.09. The van der Waals surface area contributed by atoms with Crippen molar-refractivity contribution >= 4 is 21.7 Å². The second-order valence-corrected chi connectivity index (χ2v) is 5.95. The molecule has 1 aliphatic carbocycles. The summed E-state index contributed by atoms with van der Waals surface area (Å²) in [6.07, 6.45) is 5.18. The van der Waals surface area contributed by atoms with Crippen LogP contribution in [0.1, 0.15) is 27.0 Å². The fourth-order valence-corrected chi connectivity index (χ4v) is 3.12. The molecule has 0 spiro atoms. The van der Waals surface area contributed by atoms with Crippen LogP contribution >= 0.6 is 15.9 Å². The first-order valence-corrected chi connectivity index (χ1v) is 7.16. The van der Waals surface area contributed by atoms with Crippen molar-refractivity contribution in [2.24, 2.45) is 5.92 Å². The molecule has 1 aliphatic rings. The van der Waals surface area contributed by atoms with Gasteiger partial charge < -0.3 is 0 Å². The van der Waals surface area contributed by atoms with Crippen LogP contribution < -0.4 is 0 Å². The fraction of sp³-hybridized carbons (Fsp3) is 0.250. The van der Waals surface area contributed by atoms with Gasteiger partial charge in [-0.1, -0.05) is 23.8 Å². The Kier molecular flexibility index (Phi) is 3.23. The van der Waals surface area contributed by atoms with Crippen molar-refractivity contribution in [1.82, 2.24) is 4.98 Å². The van der Waals surface area contributed by atoms with Gasteiger partial charge in [-0.25, -0.2) is 0 Å². The summed E-state index contributed by atoms with van der Waals surface area (Å²) in [6.45, 7) is 2.07. The number of fused-ring (bicyclic) bond motifs is 1. The summed E-state index contributed by atoms with van der Waals surface area (Å²) in [5.41, 5.74) is 4.47. The normalized spacial score (nSPS) is 17.6. The zero-order valence-corrected chi connectivity index (χ0v) is 12.3. The number of hydrogen-bond donors (Lipinski definition) is 0. The molecule has 2 nitrogen and oxygen atoms in total. The number of ketones is 1. The Bertz CT molecular complexity index is 651. The summed E-state index contributed by atoms with van der Waals surface area (Å²) >= 11 is 3.50. The number of carbonyl (C=O) groups is 1. The molecular weight excluding hydrogens is 302 g/mol. The van der Waals surface area contributed by atoms with E-state index in [-0.39, 0.29) is 11.7 Å². The van der Waals surface area contributed by atoms with E-state index in [0.717, 1.165) is 28.4 Å². The quantitative estimate of drug-likeness (QED) is 0.844. The number of hydrogen-bond acceptors (Lipinski definition) is 2. The third-order valence-corrected chi connectivity index (χ3v) is 4.40. The molecule has 0 aliphatic heterocycles. The SMILES string of the molecule is Cc1ccc2c(c1)CC(Cc1ccncc1Br)C2=O. The third kappa shape index (κ3) is 2.35. The van der Waals surface area contributed by atoms with Crippen molar-refractivity contribution in [2.75, 3.05) is 0 Å². The van der Waals surface area contributed by atoms with Crippen LogP contribution in [-0.4, -0.2) is 10.8 Å². The Hall–Kier alpha value is -1.48. The number of rotatable bonds is 2. The molecule has 0 saturated heterocycles. The highest BCUT2D eigenvalue weighted by Gasteiger charge is 2.30. The lowest BCUT2D eigenvalue weighted by molar-refractivity contribution is 0.0936. The molecule has 3 heteroatoms. The highest BCUT2D eigenvalue weighted by atomic mass is 79.9. The van der Waals surface area contributed by atoms with Crippen LogP contribution in [0.5, 0.6) is 0 Å². The van der Waals surface area contributed by atoms with E-state index in [4.69, 9.17) is 0 Å². The molecule has 0 bridgehead atoms. The van der Waals surface area contributed by atoms with Gasteiger partial charge in [-0.3, -0.25) is 9.78 Å². The molecule has 3 rings (SSSR count). The van der Waals surface area contributed by atoms with Crippen LogP contribution in [-0.2, 0) is 12.8 Å². The monoisotopic (exact) mass is 315 g/mol. The summed E-state index contributed by atoms with van der Waals surface area (Å²) in [5, 5.41) is 0. The highest BCUT2D eigenvalue weighted by molar-refractivity contribution is 9.10. The molecule has 0 saturated carbocycles. The average molecular weight is 316 g/mol. The van der Waals surface area contributed by atoms with Crippen LogP contribution in [0.4, 0.5) is 0 Å². The summed E-state index contributed by atoms with van der Waals surface area (Å²) < 4.78 is 0.981. The van der Waals surface area contributed by atoms with Crippen molar-refractivity contribution in [3.05, 3.63) is 63.4 Å². The van der Waals surface area contributed by atoms with Gasteiger partial charge in [0.1, 0.15) is 0 Å². The van der Waals surface area contributed by atoms with Crippen molar-refractivity contribution in [3.8, 4) is 0 Å². The Morgan fingerprint density at radius 3 is 3.00 bits per heavy atom. The molecule has 0 amide bonds. The van der Waals surface area contributed by atoms with Crippen LogP contribution in [0.25, 0.3) is 0 Å². The van der Waals surface area contributed by atoms with Gasteiger partial charge in [0.2, 0.25) is 0 Å². The zero-order chi connectivity index (χ0) is 13.4. The smallest absolute Gasteiger partial charge is 0.166 e. The van der Waals surface area contributed by atoms with Gasteiger partial charge in [0.15, 0.2) is 5.78 Å². The van der Waals surface area contributed by atoms with Crippen molar-refractivity contribution in [3.63, 3.8) is 0 Å². The van der Waals surface area contributed by atoms with E-state index in [1.54, 1.807) is 12.4 Å². The molecule has 96 valence electrons. The molecule has 0 fully saturated rings. The zero-order valence-electron chi connectivity index (χ0n) is 10.7. The van der Waals surface area contributed by atoms with Gasteiger partial charge in [0, 0.05) is 28.3 Å². The minimum absolute atomic E-state index is 0.0653. The lowest BCUT2D eigenvalue weighted by atomic mass is 9.96. The summed E-state index contributed by atoms with van der Waals surface area (Å²) in [5.74, 6) is 0.342. The van der Waals surface area contributed by atoms with E-state index < -0.39 is 0 Å². The first-order valence-electron chi connectivity index (χ1n) is 6.37. The molecule has 1 atom stereocenters. The van der Waals surface area contributed by atoms with Crippen molar-refractivity contribution in [1.29, 1.82) is 0 Å². The molecule has 1 aromatic carbocycles. The van der Waals surface area contributed by atoms with Crippen LogP contribution in [0.3, 0.4) is 0 Å². The second-order valence-electron chi connectivity index (χ2n) is 5.10. The summed E-state index contributed by atoms with van der Waals surface area (Å²) in [4.78, 5) is 16.5. The van der Waals surface area contributed by atoms with E-state index in [1.165, 1.54) is 11.1 Å². The van der Waals surface area contributed by atoms with Crippen molar-refractivity contribution in [2.45, 2.75) is 19.8 Å². The van der Waals surface area contributed by atoms with E-state index in [1.807, 2.05) is 18.2 Å². The summed E-state index contributed by atoms with van der Waals surface area (Å²) in [7, 11) is 0. The predicted molar refractivity (Wildman–Crippen MR) is 78.3 cm³/mol. The third-order valence-electron chi connectivity index (χ3n) is 3.69. The van der Waals surface area contributed by atoms with Crippen molar-refractivity contribution < 1.29 is 4.79 Å². The molecule has 2 aromatic rings. The number of Topliss-reactive ketones (excluding diaryl/α,β-unsaturated/α-hetero) is 1. The number of pyridine rings is 1. The molecule has 0 radical (unpaired) electrons. The number of carbonyl (C=O) groups excluding carboxylic acids is 1. The first-order chi connectivity index (χ1) is 9.15. The fourth-order valence-electron chi connectivity index (χ4n) is 2.71. The second kappa shape index (κ2) is 4.89. The van der Waals surface area contributed by atoms with Crippen LogP contribution in [0.15, 0.2) is 41.1 Å². The number of aromatic nitrogens is 1. The molecule has 1 aromatic heterocycles. The predicted octanol–water partition coefficient (Wildman–Crippen LogP) is 3.75. The van der Waals surface area contributed by atoms with Crippen LogP contribution in [0, 0.1) is 12.8 Å². The number of benzene rings is 1. The van der Waals surface area contributed by atoms with E-state index in [2.05, 4.69) is 33.9 Å². The maximum absolute atomic E-state index is 12.4. The number of nitrogens with zero attached hydrogens (tertiary/aromatic N) is 1. The Balaban J connectivity index is 1.86. The minimum Gasteiger partial charge on any atom is -0.294 e. The van der Waals surface area contributed by atoms with Gasteiger partial charge in [0.05, 0.1) is 0 Å². The van der Waals surface area contributed by atoms with Gasteiger partial charge in [0.25, 0.3) is 0 Å². The van der Waals surface area contributed by atoms with Gasteiger partial charge in [-0.05, 0) is 52.9 Å². The maximum atomic E-state index is 12.4. The average Bonchev–Trinajstić information content (AvgIpc) is 2.68.